The Hall–Kier alpha value is -2.90. The van der Waals surface area contributed by atoms with Crippen LogP contribution < -0.4 is 4.72 Å². The fraction of sp³-hybridized carbons (Fsp3) is 0.0952. The summed E-state index contributed by atoms with van der Waals surface area (Å²) in [5, 5.41) is 6.50. The van der Waals surface area contributed by atoms with E-state index in [1.54, 1.807) is 16.9 Å². The SMILES string of the molecule is Cc1ccccc1NS(=O)(=O)c1cn(Cc2ccccc2)nc1-c1cccs1. The van der Waals surface area contributed by atoms with Crippen molar-refractivity contribution in [2.45, 2.75) is 18.4 Å². The van der Waals surface area contributed by atoms with Gasteiger partial charge in [-0.05, 0) is 35.6 Å². The molecular weight excluding hydrogens is 390 g/mol. The van der Waals surface area contributed by atoms with Gasteiger partial charge in [-0.15, -0.1) is 11.3 Å². The van der Waals surface area contributed by atoms with Gasteiger partial charge in [0, 0.05) is 6.20 Å². The molecule has 0 saturated heterocycles. The van der Waals surface area contributed by atoms with Crippen LogP contribution in [0.5, 0.6) is 0 Å². The molecule has 0 unspecified atom stereocenters. The first-order valence-corrected chi connectivity index (χ1v) is 11.1. The van der Waals surface area contributed by atoms with E-state index in [-0.39, 0.29) is 4.90 Å². The second kappa shape index (κ2) is 7.61. The monoisotopic (exact) mass is 409 g/mol. The van der Waals surface area contributed by atoms with Crippen LogP contribution in [0.2, 0.25) is 0 Å². The van der Waals surface area contributed by atoms with Crippen LogP contribution in [0.25, 0.3) is 10.6 Å². The van der Waals surface area contributed by atoms with Crippen LogP contribution in [0.1, 0.15) is 11.1 Å². The molecule has 7 heteroatoms. The highest BCUT2D eigenvalue weighted by molar-refractivity contribution is 7.92. The quantitative estimate of drug-likeness (QED) is 0.499. The number of sulfonamides is 1. The molecule has 0 aliphatic heterocycles. The molecule has 0 amide bonds. The van der Waals surface area contributed by atoms with E-state index in [9.17, 15) is 8.42 Å². The van der Waals surface area contributed by atoms with E-state index in [1.807, 2.05) is 73.0 Å². The molecule has 2 heterocycles. The van der Waals surface area contributed by atoms with Gasteiger partial charge in [0.05, 0.1) is 17.1 Å². The number of aryl methyl sites for hydroxylation is 1. The lowest BCUT2D eigenvalue weighted by Crippen LogP contribution is -2.14. The Bertz CT molecular complexity index is 1180. The highest BCUT2D eigenvalue weighted by atomic mass is 32.2. The van der Waals surface area contributed by atoms with E-state index in [0.717, 1.165) is 16.0 Å². The Morgan fingerprint density at radius 1 is 1.00 bits per heavy atom. The van der Waals surface area contributed by atoms with E-state index in [0.29, 0.717) is 17.9 Å². The molecule has 0 radical (unpaired) electrons. The average molecular weight is 410 g/mol. The maximum atomic E-state index is 13.2. The summed E-state index contributed by atoms with van der Waals surface area (Å²) in [5.74, 6) is 0. The van der Waals surface area contributed by atoms with Gasteiger partial charge in [-0.25, -0.2) is 8.42 Å². The lowest BCUT2D eigenvalue weighted by molar-refractivity contribution is 0.601. The molecule has 28 heavy (non-hydrogen) atoms. The second-order valence-electron chi connectivity index (χ2n) is 6.42. The Morgan fingerprint density at radius 3 is 2.46 bits per heavy atom. The summed E-state index contributed by atoms with van der Waals surface area (Å²) in [6.45, 7) is 2.37. The molecule has 0 saturated carbocycles. The molecule has 0 atom stereocenters. The van der Waals surface area contributed by atoms with E-state index >= 15 is 0 Å². The molecule has 142 valence electrons. The molecular formula is C21H19N3O2S2. The fourth-order valence-corrected chi connectivity index (χ4v) is 5.00. The van der Waals surface area contributed by atoms with Crippen LogP contribution in [-0.2, 0) is 16.6 Å². The number of hydrogen-bond donors (Lipinski definition) is 1. The van der Waals surface area contributed by atoms with E-state index < -0.39 is 10.0 Å². The highest BCUT2D eigenvalue weighted by Crippen LogP contribution is 2.31. The molecule has 0 aliphatic carbocycles. The zero-order valence-electron chi connectivity index (χ0n) is 15.2. The van der Waals surface area contributed by atoms with Crippen molar-refractivity contribution in [2.75, 3.05) is 4.72 Å². The highest BCUT2D eigenvalue weighted by Gasteiger charge is 2.25. The summed E-state index contributed by atoms with van der Waals surface area (Å²) >= 11 is 1.47. The first-order chi connectivity index (χ1) is 13.5. The Labute approximate surface area is 168 Å². The van der Waals surface area contributed by atoms with Gasteiger partial charge >= 0.3 is 0 Å². The minimum absolute atomic E-state index is 0.175. The number of hydrogen-bond acceptors (Lipinski definition) is 4. The van der Waals surface area contributed by atoms with E-state index in [2.05, 4.69) is 9.82 Å². The summed E-state index contributed by atoms with van der Waals surface area (Å²) in [5.41, 5.74) is 2.95. The van der Waals surface area contributed by atoms with Crippen LogP contribution in [0.15, 0.2) is 83.2 Å². The largest absolute Gasteiger partial charge is 0.279 e. The smallest absolute Gasteiger partial charge is 0.265 e. The van der Waals surface area contributed by atoms with Gasteiger partial charge < -0.3 is 0 Å². The zero-order chi connectivity index (χ0) is 19.6. The summed E-state index contributed by atoms with van der Waals surface area (Å²) in [6, 6.07) is 20.9. The number of para-hydroxylation sites is 1. The summed E-state index contributed by atoms with van der Waals surface area (Å²) in [6.07, 6.45) is 1.60. The van der Waals surface area contributed by atoms with E-state index in [4.69, 9.17) is 0 Å². The Balaban J connectivity index is 1.75. The van der Waals surface area contributed by atoms with Crippen molar-refractivity contribution in [3.05, 3.63) is 89.4 Å². The predicted molar refractivity (Wildman–Crippen MR) is 113 cm³/mol. The van der Waals surface area contributed by atoms with Crippen molar-refractivity contribution in [3.63, 3.8) is 0 Å². The number of benzene rings is 2. The van der Waals surface area contributed by atoms with Crippen LogP contribution in [-0.4, -0.2) is 18.2 Å². The van der Waals surface area contributed by atoms with Gasteiger partial charge in [-0.2, -0.15) is 5.10 Å². The fourth-order valence-electron chi connectivity index (χ4n) is 2.92. The van der Waals surface area contributed by atoms with Crippen LogP contribution in [0, 0.1) is 6.92 Å². The minimum Gasteiger partial charge on any atom is -0.279 e. The maximum Gasteiger partial charge on any atom is 0.265 e. The molecule has 0 spiro atoms. The Morgan fingerprint density at radius 2 is 1.75 bits per heavy atom. The zero-order valence-corrected chi connectivity index (χ0v) is 16.9. The minimum atomic E-state index is -3.79. The number of anilines is 1. The van der Waals surface area contributed by atoms with Gasteiger partial charge in [-0.1, -0.05) is 54.6 Å². The van der Waals surface area contributed by atoms with Gasteiger partial charge in [0.25, 0.3) is 10.0 Å². The lowest BCUT2D eigenvalue weighted by Gasteiger charge is -2.09. The molecule has 4 rings (SSSR count). The number of rotatable bonds is 6. The van der Waals surface area contributed by atoms with Gasteiger partial charge in [0.2, 0.25) is 0 Å². The maximum absolute atomic E-state index is 13.2. The normalized spacial score (nSPS) is 11.5. The molecule has 5 nitrogen and oxygen atoms in total. The summed E-state index contributed by atoms with van der Waals surface area (Å²) in [4.78, 5) is 0.992. The van der Waals surface area contributed by atoms with Gasteiger partial charge in [-0.3, -0.25) is 9.40 Å². The number of nitrogens with zero attached hydrogens (tertiary/aromatic N) is 2. The standard InChI is InChI=1S/C21H19N3O2S2/c1-16-8-5-6-11-18(16)23-28(25,26)20-15-24(14-17-9-3-2-4-10-17)22-21(20)19-12-7-13-27-19/h2-13,15,23H,14H2,1H3. The molecule has 4 aromatic rings. The molecule has 2 aromatic carbocycles. The van der Waals surface area contributed by atoms with E-state index in [1.165, 1.54) is 11.3 Å². The first-order valence-electron chi connectivity index (χ1n) is 8.77. The van der Waals surface area contributed by atoms with Crippen molar-refractivity contribution >= 4 is 27.0 Å². The van der Waals surface area contributed by atoms with Crippen LogP contribution in [0.4, 0.5) is 5.69 Å². The third-order valence-corrected chi connectivity index (χ3v) is 6.59. The molecule has 2 aromatic heterocycles. The topological polar surface area (TPSA) is 64.0 Å². The predicted octanol–water partition coefficient (Wildman–Crippen LogP) is 4.77. The lowest BCUT2D eigenvalue weighted by atomic mass is 10.2. The Kier molecular flexibility index (Phi) is 5.02. The van der Waals surface area contributed by atoms with Crippen LogP contribution >= 0.6 is 11.3 Å². The third kappa shape index (κ3) is 3.85. The summed E-state index contributed by atoms with van der Waals surface area (Å²) < 4.78 is 30.7. The van der Waals surface area contributed by atoms with Crippen molar-refractivity contribution in [1.82, 2.24) is 9.78 Å². The number of nitrogens with one attached hydrogen (secondary N) is 1. The molecule has 0 aliphatic rings. The first kappa shape index (κ1) is 18.5. The molecule has 0 fully saturated rings. The van der Waals surface area contributed by atoms with Gasteiger partial charge in [0.15, 0.2) is 0 Å². The van der Waals surface area contributed by atoms with Crippen molar-refractivity contribution in [1.29, 1.82) is 0 Å². The molecule has 0 bridgehead atoms. The summed E-state index contributed by atoms with van der Waals surface area (Å²) in [7, 11) is -3.79. The van der Waals surface area contributed by atoms with Gasteiger partial charge in [0.1, 0.15) is 10.6 Å². The molecule has 1 N–H and O–H groups in total. The van der Waals surface area contributed by atoms with Crippen molar-refractivity contribution in [2.24, 2.45) is 0 Å². The third-order valence-electron chi connectivity index (χ3n) is 4.35. The van der Waals surface area contributed by atoms with Crippen molar-refractivity contribution in [3.8, 4) is 10.6 Å². The van der Waals surface area contributed by atoms with Crippen LogP contribution in [0.3, 0.4) is 0 Å². The number of thiophene rings is 1. The number of aromatic nitrogens is 2. The average Bonchev–Trinajstić information content (AvgIpc) is 3.34. The second-order valence-corrected chi connectivity index (χ2v) is 9.02. The van der Waals surface area contributed by atoms with Crippen molar-refractivity contribution < 1.29 is 8.42 Å².